The van der Waals surface area contributed by atoms with E-state index in [1.54, 1.807) is 13.8 Å². The highest BCUT2D eigenvalue weighted by Crippen LogP contribution is 2.38. The Hall–Kier alpha value is -3.38. The Bertz CT molecular complexity index is 1110. The van der Waals surface area contributed by atoms with Crippen molar-refractivity contribution in [1.29, 1.82) is 0 Å². The van der Waals surface area contributed by atoms with Gasteiger partial charge in [-0.15, -0.1) is 0 Å². The van der Waals surface area contributed by atoms with E-state index in [-0.39, 0.29) is 23.5 Å². The lowest BCUT2D eigenvalue weighted by Gasteiger charge is -2.18. The fraction of sp³-hybridized carbons (Fsp3) is 0.474. The van der Waals surface area contributed by atoms with Gasteiger partial charge in [0.25, 0.3) is 0 Å². The van der Waals surface area contributed by atoms with Crippen molar-refractivity contribution < 1.29 is 27.1 Å². The van der Waals surface area contributed by atoms with Crippen molar-refractivity contribution in [3.05, 3.63) is 35.9 Å². The van der Waals surface area contributed by atoms with Gasteiger partial charge in [-0.05, 0) is 26.7 Å². The first-order valence-electron chi connectivity index (χ1n) is 9.96. The zero-order valence-corrected chi connectivity index (χ0v) is 17.2. The fourth-order valence-corrected chi connectivity index (χ4v) is 3.64. The van der Waals surface area contributed by atoms with Crippen LogP contribution >= 0.6 is 0 Å². The highest BCUT2D eigenvalue weighted by Gasteiger charge is 2.41. The molecule has 0 spiro atoms. The van der Waals surface area contributed by atoms with Gasteiger partial charge >= 0.3 is 12.3 Å². The number of halogens is 4. The maximum absolute atomic E-state index is 14.9. The van der Waals surface area contributed by atoms with E-state index in [1.807, 2.05) is 0 Å². The number of alkyl halides is 4. The second kappa shape index (κ2) is 8.28. The van der Waals surface area contributed by atoms with Crippen LogP contribution in [-0.4, -0.2) is 49.0 Å². The van der Waals surface area contributed by atoms with Gasteiger partial charge in [-0.1, -0.05) is 0 Å². The average molecular weight is 455 g/mol. The highest BCUT2D eigenvalue weighted by atomic mass is 19.4. The number of nitrogens with one attached hydrogen (secondary N) is 3. The van der Waals surface area contributed by atoms with Crippen LogP contribution in [0.3, 0.4) is 0 Å². The molecule has 3 atom stereocenters. The first-order chi connectivity index (χ1) is 15.1. The molecule has 1 aliphatic rings. The Balaban J connectivity index is 1.49. The molecule has 0 aliphatic heterocycles. The van der Waals surface area contributed by atoms with E-state index in [1.165, 1.54) is 22.9 Å². The van der Waals surface area contributed by atoms with Crippen LogP contribution < -0.4 is 10.6 Å². The first-order valence-corrected chi connectivity index (χ1v) is 9.96. The predicted octanol–water partition coefficient (Wildman–Crippen LogP) is 3.93. The summed E-state index contributed by atoms with van der Waals surface area (Å²) in [7, 11) is 0. The third-order valence-electron chi connectivity index (χ3n) is 5.08. The minimum Gasteiger partial charge on any atom is -0.443 e. The molecule has 0 radical (unpaired) electrons. The van der Waals surface area contributed by atoms with E-state index in [0.717, 1.165) is 6.07 Å². The summed E-state index contributed by atoms with van der Waals surface area (Å²) >= 11 is 0. The molecule has 32 heavy (non-hydrogen) atoms. The van der Waals surface area contributed by atoms with Crippen LogP contribution in [0, 0.1) is 0 Å². The predicted molar refractivity (Wildman–Crippen MR) is 105 cm³/mol. The van der Waals surface area contributed by atoms with Crippen LogP contribution in [0.25, 0.3) is 5.65 Å². The second-order valence-electron chi connectivity index (χ2n) is 7.82. The zero-order chi connectivity index (χ0) is 23.0. The Morgan fingerprint density at radius 2 is 2.09 bits per heavy atom. The van der Waals surface area contributed by atoms with E-state index in [2.05, 4.69) is 30.8 Å². The number of carbonyl (C=O) groups excluding carboxylic acids is 1. The number of H-pyrrole nitrogens is 1. The van der Waals surface area contributed by atoms with Crippen molar-refractivity contribution in [1.82, 2.24) is 29.9 Å². The molecule has 1 aliphatic carbocycles. The molecule has 9 nitrogen and oxygen atoms in total. The number of hydrogen-bond donors (Lipinski definition) is 3. The van der Waals surface area contributed by atoms with Crippen LogP contribution in [0.4, 0.5) is 34.1 Å². The van der Waals surface area contributed by atoms with E-state index in [0.29, 0.717) is 18.5 Å². The Morgan fingerprint density at radius 3 is 2.81 bits per heavy atom. The molecular formula is C19H21F4N7O2. The normalized spacial score (nSPS) is 21.3. The lowest BCUT2D eigenvalue weighted by Crippen LogP contribution is -2.36. The second-order valence-corrected chi connectivity index (χ2v) is 7.82. The van der Waals surface area contributed by atoms with E-state index in [4.69, 9.17) is 4.74 Å². The SMILES string of the molecule is CC(C)NC(=O)O[C@H]1CC[C@@H](c2cc(Nc3nc(C(F)(F)F)cc4nccn34)n[nH]2)[C@H]1F. The van der Waals surface area contributed by atoms with Gasteiger partial charge < -0.3 is 15.4 Å². The molecule has 1 fully saturated rings. The number of fused-ring (bicyclic) bond motifs is 1. The molecule has 0 aromatic carbocycles. The zero-order valence-electron chi connectivity index (χ0n) is 17.2. The number of amides is 1. The molecule has 13 heteroatoms. The summed E-state index contributed by atoms with van der Waals surface area (Å²) in [5.74, 6) is -0.575. The van der Waals surface area contributed by atoms with Crippen LogP contribution in [0.2, 0.25) is 0 Å². The van der Waals surface area contributed by atoms with Gasteiger partial charge in [-0.25, -0.2) is 19.2 Å². The maximum Gasteiger partial charge on any atom is 0.433 e. The van der Waals surface area contributed by atoms with Crippen molar-refractivity contribution >= 4 is 23.5 Å². The van der Waals surface area contributed by atoms with Crippen molar-refractivity contribution in [3.8, 4) is 0 Å². The van der Waals surface area contributed by atoms with E-state index < -0.39 is 36.2 Å². The molecular weight excluding hydrogens is 434 g/mol. The van der Waals surface area contributed by atoms with Crippen molar-refractivity contribution in [2.24, 2.45) is 0 Å². The smallest absolute Gasteiger partial charge is 0.433 e. The molecule has 4 rings (SSSR count). The third kappa shape index (κ3) is 4.46. The lowest BCUT2D eigenvalue weighted by atomic mass is 10.0. The van der Waals surface area contributed by atoms with E-state index >= 15 is 0 Å². The fourth-order valence-electron chi connectivity index (χ4n) is 3.64. The van der Waals surface area contributed by atoms with Gasteiger partial charge in [0.05, 0.1) is 0 Å². The number of hydrogen-bond acceptors (Lipinski definition) is 6. The van der Waals surface area contributed by atoms with Crippen molar-refractivity contribution in [2.45, 2.75) is 57.1 Å². The van der Waals surface area contributed by atoms with Gasteiger partial charge in [-0.3, -0.25) is 9.50 Å². The largest absolute Gasteiger partial charge is 0.443 e. The van der Waals surface area contributed by atoms with Gasteiger partial charge in [-0.2, -0.15) is 18.3 Å². The maximum atomic E-state index is 14.9. The number of ether oxygens (including phenoxy) is 1. The Kier molecular flexibility index (Phi) is 5.65. The van der Waals surface area contributed by atoms with Crippen molar-refractivity contribution in [2.75, 3.05) is 5.32 Å². The van der Waals surface area contributed by atoms with Crippen molar-refractivity contribution in [3.63, 3.8) is 0 Å². The van der Waals surface area contributed by atoms with Gasteiger partial charge in [0.1, 0.15) is 17.9 Å². The summed E-state index contributed by atoms with van der Waals surface area (Å²) < 4.78 is 60.9. The molecule has 1 amide bonds. The summed E-state index contributed by atoms with van der Waals surface area (Å²) in [6, 6.07) is 2.20. The highest BCUT2D eigenvalue weighted by molar-refractivity contribution is 5.67. The quantitative estimate of drug-likeness (QED) is 0.503. The number of rotatable bonds is 5. The lowest BCUT2D eigenvalue weighted by molar-refractivity contribution is -0.141. The standard InChI is InChI=1S/C19H21F4N7O2/c1-9(2)25-18(31)32-12-4-3-10(16(12)20)11-7-14(29-28-11)27-17-26-13(19(21,22)23)8-15-24-5-6-30(15)17/h5-10,12,16H,3-4H2,1-2H3,(H,25,31)(H2,26,27,28,29)/t10-,12-,16+/m0/s1. The molecule has 172 valence electrons. The number of carbonyl (C=O) groups is 1. The molecule has 0 unspecified atom stereocenters. The number of aromatic nitrogens is 5. The summed E-state index contributed by atoms with van der Waals surface area (Å²) in [5, 5.41) is 12.0. The summed E-state index contributed by atoms with van der Waals surface area (Å²) in [5.41, 5.74) is -0.608. The topological polar surface area (TPSA) is 109 Å². The van der Waals surface area contributed by atoms with E-state index in [9.17, 15) is 22.4 Å². The number of imidazole rings is 1. The first kappa shape index (κ1) is 21.8. The summed E-state index contributed by atoms with van der Waals surface area (Å²) in [6.07, 6.45) is -4.12. The average Bonchev–Trinajstić information content (AvgIpc) is 3.41. The number of anilines is 2. The van der Waals surface area contributed by atoms with Gasteiger partial charge in [0.2, 0.25) is 5.95 Å². The van der Waals surface area contributed by atoms with Crippen LogP contribution in [0.5, 0.6) is 0 Å². The molecule has 3 aromatic rings. The molecule has 0 saturated heterocycles. The molecule has 3 N–H and O–H groups in total. The molecule has 1 saturated carbocycles. The van der Waals surface area contributed by atoms with Crippen LogP contribution in [-0.2, 0) is 10.9 Å². The number of nitrogens with zero attached hydrogens (tertiary/aromatic N) is 4. The minimum absolute atomic E-state index is 0.0601. The Morgan fingerprint density at radius 1 is 1.31 bits per heavy atom. The summed E-state index contributed by atoms with van der Waals surface area (Å²) in [6.45, 7) is 3.53. The molecule has 3 aromatic heterocycles. The number of aromatic amines is 1. The van der Waals surface area contributed by atoms with Gasteiger partial charge in [0, 0.05) is 42.2 Å². The third-order valence-corrected chi connectivity index (χ3v) is 5.08. The summed E-state index contributed by atoms with van der Waals surface area (Å²) in [4.78, 5) is 19.3. The molecule has 0 bridgehead atoms. The molecule has 3 heterocycles. The minimum atomic E-state index is -4.65. The number of alkyl carbamates (subject to hydrolysis) is 1. The van der Waals surface area contributed by atoms with Gasteiger partial charge in [0.15, 0.2) is 11.5 Å². The Labute approximate surface area is 179 Å². The monoisotopic (exact) mass is 455 g/mol. The van der Waals surface area contributed by atoms with Crippen LogP contribution in [0.1, 0.15) is 44.0 Å². The van der Waals surface area contributed by atoms with Crippen LogP contribution in [0.15, 0.2) is 24.5 Å².